The van der Waals surface area contributed by atoms with Crippen molar-refractivity contribution in [2.75, 3.05) is 26.2 Å². The zero-order valence-electron chi connectivity index (χ0n) is 16.9. The Hall–Kier alpha value is -1.67. The van der Waals surface area contributed by atoms with E-state index in [9.17, 15) is 19.5 Å². The summed E-state index contributed by atoms with van der Waals surface area (Å²) in [6.07, 6.45) is 4.02. The molecule has 3 amide bonds. The highest BCUT2D eigenvalue weighted by molar-refractivity contribution is 5.98. The molecular weight excluding hydrogens is 362 g/mol. The van der Waals surface area contributed by atoms with Crippen LogP contribution in [-0.2, 0) is 19.1 Å². The van der Waals surface area contributed by atoms with Gasteiger partial charge in [0.1, 0.15) is 11.6 Å². The van der Waals surface area contributed by atoms with Crippen molar-refractivity contribution >= 4 is 17.7 Å². The molecule has 3 N–H and O–H groups in total. The largest absolute Gasteiger partial charge is 0.396 e. The summed E-state index contributed by atoms with van der Waals surface area (Å²) in [5.41, 5.74) is -0.929. The zero-order chi connectivity index (χ0) is 20.3. The fourth-order valence-corrected chi connectivity index (χ4v) is 5.09. The second-order valence-electron chi connectivity index (χ2n) is 8.10. The Bertz CT molecular complexity index is 613. The van der Waals surface area contributed by atoms with E-state index in [2.05, 4.69) is 17.6 Å². The highest BCUT2D eigenvalue weighted by atomic mass is 16.5. The molecule has 3 saturated heterocycles. The molecule has 8 nitrogen and oxygen atoms in total. The van der Waals surface area contributed by atoms with Gasteiger partial charge in [-0.3, -0.25) is 14.4 Å². The van der Waals surface area contributed by atoms with E-state index < -0.39 is 23.5 Å². The van der Waals surface area contributed by atoms with Crippen molar-refractivity contribution in [2.45, 2.75) is 70.1 Å². The van der Waals surface area contributed by atoms with Gasteiger partial charge in [0.25, 0.3) is 0 Å². The van der Waals surface area contributed by atoms with E-state index in [1.807, 2.05) is 6.92 Å². The van der Waals surface area contributed by atoms with Crippen LogP contribution in [0.4, 0.5) is 0 Å². The van der Waals surface area contributed by atoms with E-state index in [1.54, 1.807) is 4.90 Å². The van der Waals surface area contributed by atoms with Crippen molar-refractivity contribution in [3.05, 3.63) is 0 Å². The number of nitrogens with zero attached hydrogens (tertiary/aromatic N) is 1. The maximum atomic E-state index is 13.3. The maximum absolute atomic E-state index is 13.3. The second kappa shape index (κ2) is 8.78. The summed E-state index contributed by atoms with van der Waals surface area (Å²) in [4.78, 5) is 40.7. The van der Waals surface area contributed by atoms with Gasteiger partial charge in [0.05, 0.1) is 17.9 Å². The first-order valence-corrected chi connectivity index (χ1v) is 10.7. The molecule has 0 aromatic rings. The van der Waals surface area contributed by atoms with Gasteiger partial charge in [0, 0.05) is 26.2 Å². The number of nitrogens with one attached hydrogen (secondary N) is 2. The normalized spacial score (nSPS) is 33.2. The average Bonchev–Trinajstić information content (AvgIpc) is 3.32. The fourth-order valence-electron chi connectivity index (χ4n) is 5.09. The third kappa shape index (κ3) is 3.41. The van der Waals surface area contributed by atoms with Gasteiger partial charge in [0.15, 0.2) is 0 Å². The van der Waals surface area contributed by atoms with Crippen LogP contribution in [0, 0.1) is 11.8 Å². The Morgan fingerprint density at radius 2 is 1.93 bits per heavy atom. The number of ether oxygens (including phenoxy) is 1. The van der Waals surface area contributed by atoms with Crippen LogP contribution in [-0.4, -0.2) is 71.7 Å². The summed E-state index contributed by atoms with van der Waals surface area (Å²) in [5.74, 6) is -1.72. The van der Waals surface area contributed by atoms with E-state index >= 15 is 0 Å². The van der Waals surface area contributed by atoms with Crippen LogP contribution < -0.4 is 10.6 Å². The van der Waals surface area contributed by atoms with Gasteiger partial charge < -0.3 is 25.4 Å². The average molecular weight is 396 g/mol. The Morgan fingerprint density at radius 1 is 1.18 bits per heavy atom. The first-order valence-electron chi connectivity index (χ1n) is 10.7. The highest BCUT2D eigenvalue weighted by Crippen LogP contribution is 2.58. The lowest BCUT2D eigenvalue weighted by Gasteiger charge is -2.33. The molecular formula is C20H33N3O5. The monoisotopic (exact) mass is 395 g/mol. The molecule has 0 aliphatic carbocycles. The zero-order valence-corrected chi connectivity index (χ0v) is 16.9. The van der Waals surface area contributed by atoms with E-state index in [0.29, 0.717) is 32.4 Å². The van der Waals surface area contributed by atoms with E-state index in [-0.39, 0.29) is 37.0 Å². The van der Waals surface area contributed by atoms with Crippen LogP contribution in [0.25, 0.3) is 0 Å². The molecule has 0 saturated carbocycles. The van der Waals surface area contributed by atoms with Crippen LogP contribution >= 0.6 is 0 Å². The lowest BCUT2D eigenvalue weighted by Crippen LogP contribution is -2.55. The molecule has 0 radical (unpaired) electrons. The summed E-state index contributed by atoms with van der Waals surface area (Å²) < 4.78 is 6.27. The molecule has 28 heavy (non-hydrogen) atoms. The number of amides is 3. The van der Waals surface area contributed by atoms with Crippen LogP contribution in [0.5, 0.6) is 0 Å². The highest BCUT2D eigenvalue weighted by Gasteiger charge is 2.74. The third-order valence-electron chi connectivity index (χ3n) is 6.29. The summed E-state index contributed by atoms with van der Waals surface area (Å²) in [5, 5.41) is 15.1. The number of rotatable bonds is 10. The smallest absolute Gasteiger partial charge is 0.245 e. The molecule has 8 heteroatoms. The van der Waals surface area contributed by atoms with Gasteiger partial charge >= 0.3 is 0 Å². The number of likely N-dealkylation sites (tertiary alicyclic amines) is 1. The van der Waals surface area contributed by atoms with Gasteiger partial charge in [-0.05, 0) is 32.1 Å². The van der Waals surface area contributed by atoms with Gasteiger partial charge in [-0.2, -0.15) is 0 Å². The predicted octanol–water partition coefficient (Wildman–Crippen LogP) is 0.186. The Labute approximate surface area is 166 Å². The number of hydrogen-bond acceptors (Lipinski definition) is 5. The molecule has 3 heterocycles. The van der Waals surface area contributed by atoms with Crippen molar-refractivity contribution in [1.29, 1.82) is 0 Å². The van der Waals surface area contributed by atoms with Crippen LogP contribution in [0.15, 0.2) is 0 Å². The first kappa shape index (κ1) is 21.0. The minimum Gasteiger partial charge on any atom is -0.396 e. The van der Waals surface area contributed by atoms with Crippen molar-refractivity contribution in [1.82, 2.24) is 15.5 Å². The number of aliphatic hydroxyl groups is 1. The van der Waals surface area contributed by atoms with Crippen molar-refractivity contribution in [3.8, 4) is 0 Å². The van der Waals surface area contributed by atoms with E-state index in [4.69, 9.17) is 4.74 Å². The van der Waals surface area contributed by atoms with Crippen LogP contribution in [0.3, 0.4) is 0 Å². The summed E-state index contributed by atoms with van der Waals surface area (Å²) in [6, 6.07) is -0.734. The minimum absolute atomic E-state index is 0.0600. The summed E-state index contributed by atoms with van der Waals surface area (Å²) in [6.45, 7) is 5.37. The fraction of sp³-hybridized carbons (Fsp3) is 0.850. The SMILES string of the molecule is CCCCNC(=O)C1N(CCCO)C(=O)[C@@H]2[C@@H](C(=O)NCCC)[C@H]3CCC12O3. The number of fused-ring (bicyclic) bond motifs is 1. The lowest BCUT2D eigenvalue weighted by molar-refractivity contribution is -0.142. The molecule has 0 aromatic heterocycles. The molecule has 3 fully saturated rings. The number of hydrogen-bond donors (Lipinski definition) is 3. The van der Waals surface area contributed by atoms with E-state index in [0.717, 1.165) is 19.3 Å². The third-order valence-corrected chi connectivity index (χ3v) is 6.29. The Morgan fingerprint density at radius 3 is 2.61 bits per heavy atom. The van der Waals surface area contributed by atoms with Gasteiger partial charge in [0.2, 0.25) is 17.7 Å². The van der Waals surface area contributed by atoms with Crippen LogP contribution in [0.1, 0.15) is 52.4 Å². The molecule has 5 atom stereocenters. The van der Waals surface area contributed by atoms with Gasteiger partial charge in [-0.1, -0.05) is 20.3 Å². The molecule has 2 bridgehead atoms. The molecule has 2 unspecified atom stereocenters. The molecule has 158 valence electrons. The number of unbranched alkanes of at least 4 members (excludes halogenated alkanes) is 1. The second-order valence-corrected chi connectivity index (χ2v) is 8.10. The van der Waals surface area contributed by atoms with Crippen LogP contribution in [0.2, 0.25) is 0 Å². The van der Waals surface area contributed by atoms with Crippen molar-refractivity contribution < 1.29 is 24.2 Å². The summed E-state index contributed by atoms with van der Waals surface area (Å²) in [7, 11) is 0. The molecule has 3 aliphatic heterocycles. The molecule has 3 aliphatic rings. The van der Waals surface area contributed by atoms with Crippen molar-refractivity contribution in [2.24, 2.45) is 11.8 Å². The van der Waals surface area contributed by atoms with Gasteiger partial charge in [-0.15, -0.1) is 0 Å². The molecule has 1 spiro atoms. The molecule has 0 aromatic carbocycles. The Kier molecular flexibility index (Phi) is 6.60. The number of carbonyl (C=O) groups is 3. The number of aliphatic hydroxyl groups excluding tert-OH is 1. The van der Waals surface area contributed by atoms with Gasteiger partial charge in [-0.25, -0.2) is 0 Å². The summed E-state index contributed by atoms with van der Waals surface area (Å²) >= 11 is 0. The molecule has 3 rings (SSSR count). The minimum atomic E-state index is -0.929. The van der Waals surface area contributed by atoms with E-state index in [1.165, 1.54) is 0 Å². The van der Waals surface area contributed by atoms with Crippen molar-refractivity contribution in [3.63, 3.8) is 0 Å². The Balaban J connectivity index is 1.87. The standard InChI is InChI=1S/C20H33N3O5/c1-3-5-10-22-18(26)16-20-8-7-13(28-20)14(17(25)21-9-4-2)15(20)19(27)23(16)11-6-12-24/h13-16,24H,3-12H2,1-2H3,(H,21,25)(H,22,26)/t13-,14+,15+,16?,20?/m1/s1. The quantitative estimate of drug-likeness (QED) is 0.458. The number of carbonyl (C=O) groups excluding carboxylic acids is 3. The topological polar surface area (TPSA) is 108 Å². The predicted molar refractivity (Wildman–Crippen MR) is 102 cm³/mol. The maximum Gasteiger partial charge on any atom is 0.245 e. The first-order chi connectivity index (χ1) is 13.5. The lowest BCUT2D eigenvalue weighted by atomic mass is 9.70.